The summed E-state index contributed by atoms with van der Waals surface area (Å²) in [6.45, 7) is 8.59. The summed E-state index contributed by atoms with van der Waals surface area (Å²) in [5.74, 6) is 1.13. The molecule has 1 aromatic carbocycles. The van der Waals surface area contributed by atoms with E-state index < -0.39 is 6.04 Å². The lowest BCUT2D eigenvalue weighted by Crippen LogP contribution is -2.51. The van der Waals surface area contributed by atoms with Gasteiger partial charge in [-0.25, -0.2) is 4.98 Å². The molecule has 0 radical (unpaired) electrons. The van der Waals surface area contributed by atoms with E-state index >= 15 is 0 Å². The van der Waals surface area contributed by atoms with Gasteiger partial charge in [0.05, 0.1) is 17.9 Å². The van der Waals surface area contributed by atoms with Crippen LogP contribution in [0.15, 0.2) is 34.9 Å². The highest BCUT2D eigenvalue weighted by molar-refractivity contribution is 9.10. The number of likely N-dealkylation sites (tertiary alicyclic amines) is 1. The fourth-order valence-electron chi connectivity index (χ4n) is 3.97. The van der Waals surface area contributed by atoms with Crippen molar-refractivity contribution in [2.45, 2.75) is 59.0 Å². The number of amides is 2. The Kier molecular flexibility index (Phi) is 7.34. The molecule has 3 atom stereocenters. The number of carbonyl (C=O) groups is 2. The van der Waals surface area contributed by atoms with Crippen LogP contribution >= 0.6 is 15.9 Å². The van der Waals surface area contributed by atoms with Crippen LogP contribution in [0.5, 0.6) is 0 Å². The first-order valence-electron chi connectivity index (χ1n) is 10.7. The van der Waals surface area contributed by atoms with Crippen molar-refractivity contribution in [1.82, 2.24) is 20.2 Å². The van der Waals surface area contributed by atoms with Crippen molar-refractivity contribution < 1.29 is 9.59 Å². The average molecular weight is 475 g/mol. The second-order valence-corrected chi connectivity index (χ2v) is 9.26. The number of nitrogens with one attached hydrogen (secondary N) is 2. The Morgan fingerprint density at radius 1 is 1.27 bits per heavy atom. The molecule has 2 amide bonds. The fourth-order valence-corrected chi connectivity index (χ4v) is 4.24. The van der Waals surface area contributed by atoms with Crippen LogP contribution in [0.1, 0.15) is 58.8 Å². The number of H-pyrrole nitrogens is 1. The zero-order valence-corrected chi connectivity index (χ0v) is 19.7. The third-order valence-corrected chi connectivity index (χ3v) is 6.41. The largest absolute Gasteiger partial charge is 0.344 e. The molecule has 162 valence electrons. The first kappa shape index (κ1) is 22.5. The van der Waals surface area contributed by atoms with Crippen LogP contribution in [0.25, 0.3) is 11.3 Å². The summed E-state index contributed by atoms with van der Waals surface area (Å²) in [5.41, 5.74) is 1.99. The van der Waals surface area contributed by atoms with Gasteiger partial charge in [0.1, 0.15) is 11.9 Å². The molecule has 1 fully saturated rings. The molecule has 0 aliphatic carbocycles. The minimum Gasteiger partial charge on any atom is -0.344 e. The Morgan fingerprint density at radius 3 is 2.57 bits per heavy atom. The summed E-state index contributed by atoms with van der Waals surface area (Å²) >= 11 is 3.46. The summed E-state index contributed by atoms with van der Waals surface area (Å²) in [7, 11) is 0. The van der Waals surface area contributed by atoms with Crippen LogP contribution in [-0.2, 0) is 9.59 Å². The van der Waals surface area contributed by atoms with Crippen LogP contribution in [0.2, 0.25) is 0 Å². The van der Waals surface area contributed by atoms with Crippen molar-refractivity contribution in [3.63, 3.8) is 0 Å². The van der Waals surface area contributed by atoms with Gasteiger partial charge in [0.25, 0.3) is 0 Å². The predicted octanol–water partition coefficient (Wildman–Crippen LogP) is 4.69. The van der Waals surface area contributed by atoms with Crippen molar-refractivity contribution in [2.24, 2.45) is 11.8 Å². The third-order valence-electron chi connectivity index (χ3n) is 5.88. The number of hydrogen-bond acceptors (Lipinski definition) is 3. The van der Waals surface area contributed by atoms with Crippen molar-refractivity contribution in [2.75, 3.05) is 6.54 Å². The Hall–Kier alpha value is -2.15. The highest BCUT2D eigenvalue weighted by Gasteiger charge is 2.40. The summed E-state index contributed by atoms with van der Waals surface area (Å²) < 4.78 is 1.03. The van der Waals surface area contributed by atoms with Gasteiger partial charge in [-0.2, -0.15) is 0 Å². The quantitative estimate of drug-likeness (QED) is 0.610. The molecule has 30 heavy (non-hydrogen) atoms. The van der Waals surface area contributed by atoms with Gasteiger partial charge in [0.2, 0.25) is 11.8 Å². The highest BCUT2D eigenvalue weighted by atomic mass is 79.9. The van der Waals surface area contributed by atoms with E-state index in [1.807, 2.05) is 49.2 Å². The van der Waals surface area contributed by atoms with E-state index in [9.17, 15) is 9.59 Å². The number of aromatic amines is 1. The van der Waals surface area contributed by atoms with Gasteiger partial charge >= 0.3 is 0 Å². The molecule has 0 unspecified atom stereocenters. The first-order valence-corrected chi connectivity index (χ1v) is 11.5. The Labute approximate surface area is 187 Å². The molecule has 0 bridgehead atoms. The van der Waals surface area contributed by atoms with E-state index in [0.29, 0.717) is 18.9 Å². The molecule has 3 rings (SSSR count). The summed E-state index contributed by atoms with van der Waals surface area (Å²) in [4.78, 5) is 35.4. The highest BCUT2D eigenvalue weighted by Crippen LogP contribution is 2.37. The average Bonchev–Trinajstić information content (AvgIpc) is 3.38. The number of imidazole rings is 1. The number of nitrogens with zero attached hydrogens (tertiary/aromatic N) is 2. The minimum atomic E-state index is -0.517. The molecule has 0 saturated carbocycles. The zero-order chi connectivity index (χ0) is 21.8. The molecule has 0 spiro atoms. The molecule has 1 aliphatic rings. The molecular weight excluding hydrogens is 444 g/mol. The monoisotopic (exact) mass is 474 g/mol. The predicted molar refractivity (Wildman–Crippen MR) is 122 cm³/mol. The molecule has 1 aliphatic heterocycles. The molecule has 2 aromatic rings. The van der Waals surface area contributed by atoms with E-state index in [-0.39, 0.29) is 23.8 Å². The lowest BCUT2D eigenvalue weighted by molar-refractivity contribution is -0.138. The Balaban J connectivity index is 1.86. The minimum absolute atomic E-state index is 0.0178. The van der Waals surface area contributed by atoms with E-state index in [1.165, 1.54) is 0 Å². The number of benzene rings is 1. The molecule has 1 aromatic heterocycles. The second kappa shape index (κ2) is 9.77. The summed E-state index contributed by atoms with van der Waals surface area (Å²) in [5, 5.41) is 2.92. The van der Waals surface area contributed by atoms with Crippen molar-refractivity contribution in [1.29, 1.82) is 0 Å². The second-order valence-electron chi connectivity index (χ2n) is 8.35. The third kappa shape index (κ3) is 4.94. The normalized spacial score (nSPS) is 19.9. The van der Waals surface area contributed by atoms with Gasteiger partial charge < -0.3 is 15.2 Å². The maximum Gasteiger partial charge on any atom is 0.246 e. The van der Waals surface area contributed by atoms with Gasteiger partial charge in [-0.3, -0.25) is 9.59 Å². The van der Waals surface area contributed by atoms with Crippen LogP contribution in [-0.4, -0.2) is 39.3 Å². The van der Waals surface area contributed by atoms with Crippen molar-refractivity contribution >= 4 is 27.7 Å². The number of hydrogen-bond donors (Lipinski definition) is 2. The van der Waals surface area contributed by atoms with Crippen LogP contribution in [0, 0.1) is 11.8 Å². The topological polar surface area (TPSA) is 78.1 Å². The number of halogens is 1. The molecule has 2 heterocycles. The van der Waals surface area contributed by atoms with E-state index in [2.05, 4.69) is 38.1 Å². The lowest BCUT2D eigenvalue weighted by atomic mass is 10.0. The molecule has 1 saturated heterocycles. The Morgan fingerprint density at radius 2 is 1.97 bits per heavy atom. The van der Waals surface area contributed by atoms with Gasteiger partial charge in [-0.05, 0) is 36.0 Å². The maximum atomic E-state index is 13.5. The van der Waals surface area contributed by atoms with Gasteiger partial charge in [0.15, 0.2) is 0 Å². The van der Waals surface area contributed by atoms with E-state index in [1.54, 1.807) is 6.92 Å². The lowest BCUT2D eigenvalue weighted by Gasteiger charge is -2.30. The fraction of sp³-hybridized carbons (Fsp3) is 0.522. The number of aromatic nitrogens is 2. The van der Waals surface area contributed by atoms with Crippen LogP contribution < -0.4 is 5.32 Å². The van der Waals surface area contributed by atoms with Gasteiger partial charge in [-0.1, -0.05) is 62.2 Å². The van der Waals surface area contributed by atoms with E-state index in [4.69, 9.17) is 0 Å². The molecule has 2 N–H and O–H groups in total. The van der Waals surface area contributed by atoms with Gasteiger partial charge in [-0.15, -0.1) is 0 Å². The molecular formula is C23H31BrN4O2. The Bertz CT molecular complexity index is 878. The summed E-state index contributed by atoms with van der Waals surface area (Å²) in [6.07, 6.45) is 4.09. The van der Waals surface area contributed by atoms with E-state index in [0.717, 1.165) is 34.4 Å². The van der Waals surface area contributed by atoms with Crippen LogP contribution in [0.4, 0.5) is 0 Å². The van der Waals surface area contributed by atoms with Crippen molar-refractivity contribution in [3.8, 4) is 11.3 Å². The smallest absolute Gasteiger partial charge is 0.246 e. The first-order chi connectivity index (χ1) is 14.3. The number of rotatable bonds is 7. The standard InChI is InChI=1S/C23H31BrN4O2/c1-5-15-11-19(22-25-12-18(26-22)16-7-9-17(24)10-8-16)28(13-15)23(30)21(14(3)4)27-20(29)6-2/h7-10,12,14-15,19,21H,5-6,11,13H2,1-4H3,(H,25,26)(H,27,29)/t15-,19-,21-/m0/s1. The summed E-state index contributed by atoms with van der Waals surface area (Å²) in [6, 6.07) is 7.43. The molecule has 6 nitrogen and oxygen atoms in total. The molecule has 7 heteroatoms. The van der Waals surface area contributed by atoms with Gasteiger partial charge in [0, 0.05) is 17.4 Å². The maximum absolute atomic E-state index is 13.5. The van der Waals surface area contributed by atoms with Crippen LogP contribution in [0.3, 0.4) is 0 Å². The van der Waals surface area contributed by atoms with Crippen molar-refractivity contribution in [3.05, 3.63) is 40.8 Å². The SMILES string of the molecule is CCC(=O)N[C@H](C(=O)N1C[C@@H](CC)C[C@H]1c1ncc(-c2ccc(Br)cc2)[nH]1)C(C)C. The zero-order valence-electron chi connectivity index (χ0n) is 18.1. The number of carbonyl (C=O) groups excluding carboxylic acids is 2.